The molecule has 0 aliphatic rings. The van der Waals surface area contributed by atoms with Crippen molar-refractivity contribution in [1.29, 1.82) is 0 Å². The Hall–Kier alpha value is -1.26. The van der Waals surface area contributed by atoms with Crippen LogP contribution in [0.15, 0.2) is 12.1 Å². The van der Waals surface area contributed by atoms with E-state index in [1.54, 1.807) is 7.11 Å². The number of amides is 1. The minimum Gasteiger partial charge on any atom is -0.496 e. The summed E-state index contributed by atoms with van der Waals surface area (Å²) in [6, 6.07) is 3.76. The Balaban J connectivity index is 2.69. The molecule has 0 fully saturated rings. The van der Waals surface area contributed by atoms with Crippen LogP contribution in [0, 0.1) is 6.92 Å². The van der Waals surface area contributed by atoms with Crippen LogP contribution in [0.4, 0.5) is 0 Å². The number of aryl methyl sites for hydroxylation is 1. The second-order valence-corrected chi connectivity index (χ2v) is 4.12. The smallest absolute Gasteiger partial charge is 0.233 e. The first-order valence-electron chi connectivity index (χ1n) is 5.38. The summed E-state index contributed by atoms with van der Waals surface area (Å²) in [6.07, 6.45) is 0.662. The number of rotatable bonds is 5. The van der Waals surface area contributed by atoms with Crippen molar-refractivity contribution in [2.75, 3.05) is 20.2 Å². The minimum atomic E-state index is -0.165. The lowest BCUT2D eigenvalue weighted by Crippen LogP contribution is -2.31. The summed E-state index contributed by atoms with van der Waals surface area (Å²) in [6.45, 7) is 2.45. The molecule has 0 atom stereocenters. The van der Waals surface area contributed by atoms with E-state index < -0.39 is 0 Å². The molecule has 1 rings (SSSR count). The molecule has 1 aromatic rings. The van der Waals surface area contributed by atoms with Crippen molar-refractivity contribution in [2.45, 2.75) is 13.3 Å². The molecule has 0 heterocycles. The number of carbonyl (C=O) groups is 1. The van der Waals surface area contributed by atoms with Gasteiger partial charge in [-0.1, -0.05) is 11.6 Å². The highest BCUT2D eigenvalue weighted by Gasteiger charge is 2.07. The van der Waals surface area contributed by atoms with Crippen molar-refractivity contribution in [3.05, 3.63) is 28.3 Å². The van der Waals surface area contributed by atoms with E-state index in [4.69, 9.17) is 22.1 Å². The molecule has 0 aromatic heterocycles. The van der Waals surface area contributed by atoms with Crippen LogP contribution in [-0.4, -0.2) is 26.1 Å². The van der Waals surface area contributed by atoms with Gasteiger partial charge in [0.2, 0.25) is 5.91 Å². The Morgan fingerprint density at radius 2 is 2.24 bits per heavy atom. The average molecular weight is 257 g/mol. The SMILES string of the molecule is COc1cc(C)c(Cl)cc1CCNC(=O)CN. The highest BCUT2D eigenvalue weighted by Crippen LogP contribution is 2.26. The maximum Gasteiger partial charge on any atom is 0.233 e. The second-order valence-electron chi connectivity index (χ2n) is 3.72. The predicted molar refractivity (Wildman–Crippen MR) is 68.5 cm³/mol. The molecule has 1 amide bonds. The van der Waals surface area contributed by atoms with Gasteiger partial charge in [0.05, 0.1) is 13.7 Å². The Bertz CT molecular complexity index is 408. The first-order chi connectivity index (χ1) is 8.08. The molecule has 4 nitrogen and oxygen atoms in total. The monoisotopic (exact) mass is 256 g/mol. The van der Waals surface area contributed by atoms with E-state index in [1.165, 1.54) is 0 Å². The quantitative estimate of drug-likeness (QED) is 0.834. The van der Waals surface area contributed by atoms with E-state index in [0.29, 0.717) is 18.0 Å². The topological polar surface area (TPSA) is 64.3 Å². The van der Waals surface area contributed by atoms with Gasteiger partial charge in [0.25, 0.3) is 0 Å². The lowest BCUT2D eigenvalue weighted by molar-refractivity contribution is -0.119. The number of benzene rings is 1. The van der Waals surface area contributed by atoms with Gasteiger partial charge in [0.1, 0.15) is 5.75 Å². The molecule has 0 unspecified atom stereocenters. The van der Waals surface area contributed by atoms with Crippen LogP contribution < -0.4 is 15.8 Å². The largest absolute Gasteiger partial charge is 0.496 e. The molecule has 0 saturated carbocycles. The minimum absolute atomic E-state index is 0.00574. The van der Waals surface area contributed by atoms with Crippen molar-refractivity contribution in [2.24, 2.45) is 5.73 Å². The van der Waals surface area contributed by atoms with Crippen LogP contribution in [0.5, 0.6) is 5.75 Å². The van der Waals surface area contributed by atoms with Gasteiger partial charge in [-0.15, -0.1) is 0 Å². The number of hydrogen-bond acceptors (Lipinski definition) is 3. The fraction of sp³-hybridized carbons (Fsp3) is 0.417. The van der Waals surface area contributed by atoms with E-state index in [0.717, 1.165) is 16.9 Å². The molecule has 17 heavy (non-hydrogen) atoms. The third kappa shape index (κ3) is 3.91. The summed E-state index contributed by atoms with van der Waals surface area (Å²) in [5.74, 6) is 0.621. The Morgan fingerprint density at radius 1 is 1.53 bits per heavy atom. The Labute approximate surface area is 106 Å². The molecule has 0 saturated heterocycles. The number of nitrogens with one attached hydrogen (secondary N) is 1. The molecule has 0 aliphatic carbocycles. The highest BCUT2D eigenvalue weighted by atomic mass is 35.5. The van der Waals surface area contributed by atoms with Crippen LogP contribution in [0.3, 0.4) is 0 Å². The van der Waals surface area contributed by atoms with Crippen molar-refractivity contribution >= 4 is 17.5 Å². The third-order valence-corrected chi connectivity index (χ3v) is 2.87. The summed E-state index contributed by atoms with van der Waals surface area (Å²) in [7, 11) is 1.62. The fourth-order valence-electron chi connectivity index (χ4n) is 1.49. The normalized spacial score (nSPS) is 10.1. The summed E-state index contributed by atoms with van der Waals surface area (Å²) in [5, 5.41) is 3.40. The van der Waals surface area contributed by atoms with Crippen LogP contribution in [0.1, 0.15) is 11.1 Å². The van der Waals surface area contributed by atoms with Crippen molar-refractivity contribution in [1.82, 2.24) is 5.32 Å². The number of methoxy groups -OCH3 is 1. The van der Waals surface area contributed by atoms with Crippen LogP contribution in [0.25, 0.3) is 0 Å². The highest BCUT2D eigenvalue weighted by molar-refractivity contribution is 6.31. The van der Waals surface area contributed by atoms with Gasteiger partial charge >= 0.3 is 0 Å². The van der Waals surface area contributed by atoms with Gasteiger partial charge in [-0.05, 0) is 36.6 Å². The first-order valence-corrected chi connectivity index (χ1v) is 5.76. The van der Waals surface area contributed by atoms with Crippen LogP contribution in [0.2, 0.25) is 5.02 Å². The Morgan fingerprint density at radius 3 is 2.82 bits per heavy atom. The van der Waals surface area contributed by atoms with Crippen LogP contribution >= 0.6 is 11.6 Å². The summed E-state index contributed by atoms with van der Waals surface area (Å²) >= 11 is 6.05. The number of hydrogen-bond donors (Lipinski definition) is 2. The molecule has 3 N–H and O–H groups in total. The number of carbonyl (C=O) groups excluding carboxylic acids is 1. The van der Waals surface area contributed by atoms with E-state index in [1.807, 2.05) is 19.1 Å². The standard InChI is InChI=1S/C12H17ClN2O2/c1-8-5-11(17-2)9(6-10(8)13)3-4-15-12(16)7-14/h5-6H,3-4,7,14H2,1-2H3,(H,15,16). The molecule has 5 heteroatoms. The number of halogens is 1. The van der Waals surface area contributed by atoms with Crippen molar-refractivity contribution in [3.8, 4) is 5.75 Å². The van der Waals surface area contributed by atoms with E-state index in [2.05, 4.69) is 5.32 Å². The zero-order valence-corrected chi connectivity index (χ0v) is 10.8. The molecule has 1 aromatic carbocycles. The summed E-state index contributed by atoms with van der Waals surface area (Å²) in [4.78, 5) is 11.0. The van der Waals surface area contributed by atoms with E-state index in [9.17, 15) is 4.79 Å². The van der Waals surface area contributed by atoms with Gasteiger partial charge < -0.3 is 15.8 Å². The van der Waals surface area contributed by atoms with Crippen molar-refractivity contribution < 1.29 is 9.53 Å². The van der Waals surface area contributed by atoms with E-state index >= 15 is 0 Å². The first kappa shape index (κ1) is 13.8. The second kappa shape index (κ2) is 6.47. The van der Waals surface area contributed by atoms with Crippen LogP contribution in [-0.2, 0) is 11.2 Å². The zero-order valence-electron chi connectivity index (χ0n) is 10.0. The molecule has 0 radical (unpaired) electrons. The summed E-state index contributed by atoms with van der Waals surface area (Å²) < 4.78 is 5.27. The molecule has 0 spiro atoms. The summed E-state index contributed by atoms with van der Waals surface area (Å²) in [5.41, 5.74) is 7.14. The van der Waals surface area contributed by atoms with Gasteiger partial charge in [-0.3, -0.25) is 4.79 Å². The van der Waals surface area contributed by atoms with Gasteiger partial charge in [0.15, 0.2) is 0 Å². The van der Waals surface area contributed by atoms with Gasteiger partial charge in [-0.2, -0.15) is 0 Å². The van der Waals surface area contributed by atoms with Crippen molar-refractivity contribution in [3.63, 3.8) is 0 Å². The molecule has 0 aliphatic heterocycles. The van der Waals surface area contributed by atoms with E-state index in [-0.39, 0.29) is 12.5 Å². The maximum absolute atomic E-state index is 11.0. The maximum atomic E-state index is 11.0. The number of nitrogens with two attached hydrogens (primary N) is 1. The molecular formula is C12H17ClN2O2. The molecule has 0 bridgehead atoms. The average Bonchev–Trinajstić information content (AvgIpc) is 2.32. The lowest BCUT2D eigenvalue weighted by atomic mass is 10.1. The zero-order chi connectivity index (χ0) is 12.8. The fourth-order valence-corrected chi connectivity index (χ4v) is 1.68. The lowest BCUT2D eigenvalue weighted by Gasteiger charge is -2.11. The predicted octanol–water partition coefficient (Wildman–Crippen LogP) is 1.27. The van der Waals surface area contributed by atoms with Gasteiger partial charge in [-0.25, -0.2) is 0 Å². The third-order valence-electron chi connectivity index (χ3n) is 2.46. The van der Waals surface area contributed by atoms with Gasteiger partial charge in [0, 0.05) is 11.6 Å². The molecule has 94 valence electrons. The molecular weight excluding hydrogens is 240 g/mol. The number of ether oxygens (including phenoxy) is 1. The Kier molecular flexibility index (Phi) is 5.25.